The molecule has 13 heavy (non-hydrogen) atoms. The highest BCUT2D eigenvalue weighted by Crippen LogP contribution is 2.49. The molecule has 1 aromatic carbocycles. The van der Waals surface area contributed by atoms with Crippen LogP contribution in [0.3, 0.4) is 0 Å². The molecule has 1 aliphatic carbocycles. The Labute approximate surface area is 87.8 Å². The molecule has 3 heteroatoms. The van der Waals surface area contributed by atoms with E-state index in [4.69, 9.17) is 28.9 Å². The number of rotatable bonds is 1. The minimum absolute atomic E-state index is 0.0436. The molecule has 0 bridgehead atoms. The van der Waals surface area contributed by atoms with Gasteiger partial charge in [-0.05, 0) is 30.2 Å². The smallest absolute Gasteiger partial charge is 0.0445 e. The summed E-state index contributed by atoms with van der Waals surface area (Å²) >= 11 is 12.0. The molecule has 2 N–H and O–H groups in total. The van der Waals surface area contributed by atoms with Gasteiger partial charge < -0.3 is 5.73 Å². The van der Waals surface area contributed by atoms with Crippen LogP contribution >= 0.6 is 23.2 Å². The molecule has 0 amide bonds. The van der Waals surface area contributed by atoms with Gasteiger partial charge in [-0.1, -0.05) is 30.1 Å². The maximum Gasteiger partial charge on any atom is 0.0445 e. The molecule has 1 nitrogen and oxygen atoms in total. The monoisotopic (exact) mass is 215 g/mol. The third-order valence-corrected chi connectivity index (χ3v) is 3.41. The standard InChI is InChI=1S/C10H11Cl2N/c1-10(5-9(10)13)7-4-6(11)2-3-8(7)12/h2-4,9H,5,13H2,1H3. The lowest BCUT2D eigenvalue weighted by Crippen LogP contribution is -2.14. The summed E-state index contributed by atoms with van der Waals surface area (Å²) in [5, 5.41) is 1.49. The van der Waals surface area contributed by atoms with Crippen LogP contribution in [0.4, 0.5) is 0 Å². The first kappa shape index (κ1) is 9.32. The number of hydrogen-bond donors (Lipinski definition) is 1. The zero-order valence-corrected chi connectivity index (χ0v) is 8.86. The predicted octanol–water partition coefficient (Wildman–Crippen LogP) is 2.98. The summed E-state index contributed by atoms with van der Waals surface area (Å²) in [6.45, 7) is 2.12. The summed E-state index contributed by atoms with van der Waals surface area (Å²) in [6.07, 6.45) is 0.993. The van der Waals surface area contributed by atoms with Gasteiger partial charge in [-0.25, -0.2) is 0 Å². The molecular formula is C10H11Cl2N. The van der Waals surface area contributed by atoms with Crippen molar-refractivity contribution in [2.24, 2.45) is 5.73 Å². The molecule has 2 atom stereocenters. The molecule has 1 saturated carbocycles. The zero-order chi connectivity index (χ0) is 9.64. The average Bonchev–Trinajstić information content (AvgIpc) is 2.66. The molecule has 2 rings (SSSR count). The lowest BCUT2D eigenvalue weighted by Gasteiger charge is -2.12. The first-order chi connectivity index (χ1) is 6.04. The number of benzene rings is 1. The van der Waals surface area contributed by atoms with Crippen LogP contribution in [0.25, 0.3) is 0 Å². The molecule has 1 aromatic rings. The fourth-order valence-corrected chi connectivity index (χ4v) is 2.15. The van der Waals surface area contributed by atoms with E-state index < -0.39 is 0 Å². The summed E-state index contributed by atoms with van der Waals surface area (Å²) in [5.74, 6) is 0. The van der Waals surface area contributed by atoms with Crippen LogP contribution < -0.4 is 5.73 Å². The Morgan fingerprint density at radius 1 is 1.46 bits per heavy atom. The molecule has 1 aliphatic rings. The summed E-state index contributed by atoms with van der Waals surface area (Å²) in [5.41, 5.74) is 6.97. The van der Waals surface area contributed by atoms with Gasteiger partial charge in [-0.15, -0.1) is 0 Å². The third-order valence-electron chi connectivity index (χ3n) is 2.85. The third kappa shape index (κ3) is 1.45. The van der Waals surface area contributed by atoms with Crippen molar-refractivity contribution in [1.29, 1.82) is 0 Å². The minimum atomic E-state index is 0.0436. The summed E-state index contributed by atoms with van der Waals surface area (Å²) in [6, 6.07) is 5.76. The van der Waals surface area contributed by atoms with Crippen molar-refractivity contribution in [3.63, 3.8) is 0 Å². The molecule has 0 saturated heterocycles. The lowest BCUT2D eigenvalue weighted by molar-refractivity contribution is 0.741. The normalized spacial score (nSPS) is 31.8. The van der Waals surface area contributed by atoms with E-state index in [0.717, 1.165) is 22.0 Å². The van der Waals surface area contributed by atoms with E-state index in [1.54, 1.807) is 6.07 Å². The van der Waals surface area contributed by atoms with Gasteiger partial charge >= 0.3 is 0 Å². The first-order valence-corrected chi connectivity index (χ1v) is 5.01. The second-order valence-electron chi connectivity index (χ2n) is 3.85. The van der Waals surface area contributed by atoms with Gasteiger partial charge in [0.15, 0.2) is 0 Å². The first-order valence-electron chi connectivity index (χ1n) is 4.25. The molecule has 0 heterocycles. The fraction of sp³-hybridized carbons (Fsp3) is 0.400. The van der Waals surface area contributed by atoms with Crippen LogP contribution in [0.1, 0.15) is 18.9 Å². The Balaban J connectivity index is 2.46. The number of nitrogens with two attached hydrogens (primary N) is 1. The summed E-state index contributed by atoms with van der Waals surface area (Å²) < 4.78 is 0. The van der Waals surface area contributed by atoms with Crippen molar-refractivity contribution in [2.45, 2.75) is 24.8 Å². The van der Waals surface area contributed by atoms with E-state index in [2.05, 4.69) is 6.92 Å². The Kier molecular flexibility index (Phi) is 2.06. The SMILES string of the molecule is CC1(c2cc(Cl)ccc2Cl)CC1N. The molecular weight excluding hydrogens is 205 g/mol. The molecule has 0 aliphatic heterocycles. The van der Waals surface area contributed by atoms with Crippen molar-refractivity contribution < 1.29 is 0 Å². The highest BCUT2D eigenvalue weighted by atomic mass is 35.5. The molecule has 2 unspecified atom stereocenters. The van der Waals surface area contributed by atoms with Crippen molar-refractivity contribution in [3.05, 3.63) is 33.8 Å². The van der Waals surface area contributed by atoms with Crippen molar-refractivity contribution in [1.82, 2.24) is 0 Å². The Morgan fingerprint density at radius 2 is 2.08 bits per heavy atom. The topological polar surface area (TPSA) is 26.0 Å². The Morgan fingerprint density at radius 3 is 2.62 bits per heavy atom. The fourth-order valence-electron chi connectivity index (χ4n) is 1.64. The van der Waals surface area contributed by atoms with Gasteiger partial charge in [0.05, 0.1) is 0 Å². The summed E-state index contributed by atoms with van der Waals surface area (Å²) in [7, 11) is 0. The van der Waals surface area contributed by atoms with E-state index in [1.807, 2.05) is 12.1 Å². The van der Waals surface area contributed by atoms with E-state index in [-0.39, 0.29) is 11.5 Å². The second kappa shape index (κ2) is 2.88. The van der Waals surface area contributed by atoms with Gasteiger partial charge in [-0.3, -0.25) is 0 Å². The van der Waals surface area contributed by atoms with Gasteiger partial charge in [0.25, 0.3) is 0 Å². The molecule has 0 radical (unpaired) electrons. The van der Waals surface area contributed by atoms with Crippen LogP contribution in [0, 0.1) is 0 Å². The Hall–Kier alpha value is -0.240. The summed E-state index contributed by atoms with van der Waals surface area (Å²) in [4.78, 5) is 0. The van der Waals surface area contributed by atoms with Crippen LogP contribution in [-0.2, 0) is 5.41 Å². The highest BCUT2D eigenvalue weighted by molar-refractivity contribution is 6.33. The van der Waals surface area contributed by atoms with E-state index in [1.165, 1.54) is 0 Å². The number of hydrogen-bond acceptors (Lipinski definition) is 1. The van der Waals surface area contributed by atoms with Crippen LogP contribution in [0.2, 0.25) is 10.0 Å². The maximum absolute atomic E-state index is 6.07. The van der Waals surface area contributed by atoms with Crippen molar-refractivity contribution in [2.75, 3.05) is 0 Å². The van der Waals surface area contributed by atoms with Crippen LogP contribution in [0.5, 0.6) is 0 Å². The molecule has 1 fully saturated rings. The van der Waals surface area contributed by atoms with Crippen LogP contribution in [-0.4, -0.2) is 6.04 Å². The van der Waals surface area contributed by atoms with E-state index >= 15 is 0 Å². The largest absolute Gasteiger partial charge is 0.327 e. The predicted molar refractivity (Wildman–Crippen MR) is 56.4 cm³/mol. The van der Waals surface area contributed by atoms with Crippen molar-refractivity contribution >= 4 is 23.2 Å². The molecule has 70 valence electrons. The second-order valence-corrected chi connectivity index (χ2v) is 4.70. The Bertz CT molecular complexity index is 351. The molecule has 0 spiro atoms. The highest BCUT2D eigenvalue weighted by Gasteiger charge is 2.49. The zero-order valence-electron chi connectivity index (χ0n) is 7.35. The van der Waals surface area contributed by atoms with Gasteiger partial charge in [-0.2, -0.15) is 0 Å². The minimum Gasteiger partial charge on any atom is -0.327 e. The van der Waals surface area contributed by atoms with Gasteiger partial charge in [0, 0.05) is 21.5 Å². The van der Waals surface area contributed by atoms with Gasteiger partial charge in [0.1, 0.15) is 0 Å². The van der Waals surface area contributed by atoms with E-state index in [9.17, 15) is 0 Å². The van der Waals surface area contributed by atoms with E-state index in [0.29, 0.717) is 0 Å². The maximum atomic E-state index is 6.07. The number of halogens is 2. The average molecular weight is 216 g/mol. The van der Waals surface area contributed by atoms with Gasteiger partial charge in [0.2, 0.25) is 0 Å². The van der Waals surface area contributed by atoms with Crippen LogP contribution in [0.15, 0.2) is 18.2 Å². The quantitative estimate of drug-likeness (QED) is 0.767. The lowest BCUT2D eigenvalue weighted by atomic mass is 9.97. The van der Waals surface area contributed by atoms with Crippen molar-refractivity contribution in [3.8, 4) is 0 Å². The molecule has 0 aromatic heterocycles.